The molecule has 0 atom stereocenters. The molecule has 0 spiro atoms. The minimum Gasteiger partial charge on any atom is -0.348 e. The van der Waals surface area contributed by atoms with Gasteiger partial charge < -0.3 is 9.88 Å². The van der Waals surface area contributed by atoms with Crippen LogP contribution < -0.4 is 5.32 Å². The Balaban J connectivity index is 2.20. The van der Waals surface area contributed by atoms with Crippen LogP contribution in [0.5, 0.6) is 0 Å². The van der Waals surface area contributed by atoms with Gasteiger partial charge in [-0.05, 0) is 31.2 Å². The van der Waals surface area contributed by atoms with E-state index in [1.54, 1.807) is 4.57 Å². The van der Waals surface area contributed by atoms with Crippen LogP contribution in [0.15, 0.2) is 17.2 Å². The van der Waals surface area contributed by atoms with Gasteiger partial charge in [0.15, 0.2) is 0 Å². The van der Waals surface area contributed by atoms with Crippen molar-refractivity contribution in [2.45, 2.75) is 50.6 Å². The molecule has 1 fully saturated rings. The number of amides is 1. The van der Waals surface area contributed by atoms with Crippen molar-refractivity contribution in [1.29, 1.82) is 0 Å². The van der Waals surface area contributed by atoms with Crippen LogP contribution >= 0.6 is 10.7 Å². The zero-order valence-corrected chi connectivity index (χ0v) is 13.2. The lowest BCUT2D eigenvalue weighted by molar-refractivity contribution is 0.0886. The summed E-state index contributed by atoms with van der Waals surface area (Å²) in [5.41, 5.74) is 0.352. The molecule has 1 aromatic heterocycles. The maximum atomic E-state index is 12.2. The number of rotatable bonds is 5. The van der Waals surface area contributed by atoms with Gasteiger partial charge in [0.05, 0.1) is 0 Å². The zero-order chi connectivity index (χ0) is 14.9. The Kier molecular flexibility index (Phi) is 4.44. The average Bonchev–Trinajstić information content (AvgIpc) is 2.71. The van der Waals surface area contributed by atoms with Crippen LogP contribution in [0.4, 0.5) is 0 Å². The number of hydrogen-bond donors (Lipinski definition) is 1. The van der Waals surface area contributed by atoms with Gasteiger partial charge in [-0.25, -0.2) is 8.42 Å². The highest BCUT2D eigenvalue weighted by atomic mass is 35.7. The lowest BCUT2D eigenvalue weighted by atomic mass is 9.82. The molecule has 1 aliphatic rings. The first-order valence-corrected chi connectivity index (χ1v) is 9.08. The number of aryl methyl sites for hydroxylation is 1. The van der Waals surface area contributed by atoms with E-state index >= 15 is 0 Å². The van der Waals surface area contributed by atoms with Crippen LogP contribution in [0, 0.1) is 5.92 Å². The summed E-state index contributed by atoms with van der Waals surface area (Å²) < 4.78 is 24.4. The molecule has 20 heavy (non-hydrogen) atoms. The molecule has 1 aromatic rings. The third-order valence-corrected chi connectivity index (χ3v) is 4.88. The van der Waals surface area contributed by atoms with E-state index in [9.17, 15) is 13.2 Å². The molecule has 112 valence electrons. The Morgan fingerprint density at radius 1 is 1.50 bits per heavy atom. The fourth-order valence-corrected chi connectivity index (χ4v) is 3.27. The number of hydrogen-bond acceptors (Lipinski definition) is 3. The Bertz CT molecular complexity index is 603. The third kappa shape index (κ3) is 3.35. The van der Waals surface area contributed by atoms with E-state index in [2.05, 4.69) is 12.2 Å². The molecule has 0 aromatic carbocycles. The molecule has 2 rings (SSSR count). The summed E-state index contributed by atoms with van der Waals surface area (Å²) in [5, 5.41) is 2.93. The second-order valence-corrected chi connectivity index (χ2v) is 8.01. The number of nitrogens with zero attached hydrogens (tertiary/aromatic N) is 1. The van der Waals surface area contributed by atoms with Crippen LogP contribution in [0.3, 0.4) is 0 Å². The van der Waals surface area contributed by atoms with E-state index in [1.807, 2.05) is 6.92 Å². The molecule has 5 nitrogen and oxygen atoms in total. The number of halogens is 1. The highest BCUT2D eigenvalue weighted by molar-refractivity contribution is 8.13. The lowest BCUT2D eigenvalue weighted by Crippen LogP contribution is -2.43. The van der Waals surface area contributed by atoms with E-state index in [4.69, 9.17) is 10.7 Å². The van der Waals surface area contributed by atoms with Gasteiger partial charge in [-0.15, -0.1) is 0 Å². The maximum absolute atomic E-state index is 12.2. The van der Waals surface area contributed by atoms with Crippen molar-refractivity contribution in [1.82, 2.24) is 9.88 Å². The fraction of sp³-hybridized carbons (Fsp3) is 0.615. The predicted octanol–water partition coefficient (Wildman–Crippen LogP) is 2.35. The quantitative estimate of drug-likeness (QED) is 0.847. The van der Waals surface area contributed by atoms with Crippen LogP contribution in [0.2, 0.25) is 0 Å². The molecule has 0 unspecified atom stereocenters. The summed E-state index contributed by atoms with van der Waals surface area (Å²) in [6.45, 7) is 4.68. The van der Waals surface area contributed by atoms with Gasteiger partial charge in [-0.1, -0.05) is 13.8 Å². The highest BCUT2D eigenvalue weighted by Crippen LogP contribution is 2.27. The molecule has 1 amide bonds. The highest BCUT2D eigenvalue weighted by Gasteiger charge is 2.28. The van der Waals surface area contributed by atoms with Gasteiger partial charge in [0.25, 0.3) is 15.0 Å². The predicted molar refractivity (Wildman–Crippen MR) is 77.4 cm³/mol. The number of aromatic nitrogens is 1. The molecule has 0 radical (unpaired) electrons. The molecule has 1 N–H and O–H groups in total. The summed E-state index contributed by atoms with van der Waals surface area (Å²) in [6.07, 6.45) is 4.17. The number of carbonyl (C=O) groups excluding carboxylic acids is 1. The average molecular weight is 319 g/mol. The molecular formula is C13H19ClN2O3S. The molecular weight excluding hydrogens is 300 g/mol. The molecule has 0 saturated heterocycles. The van der Waals surface area contributed by atoms with Crippen molar-refractivity contribution in [2.24, 2.45) is 5.92 Å². The SMILES string of the molecule is CCCn1cc(S(=O)(=O)Cl)cc1C(=O)NC1CC(C)C1. The largest absolute Gasteiger partial charge is 0.348 e. The van der Waals surface area contributed by atoms with Gasteiger partial charge in [0.1, 0.15) is 10.6 Å². The van der Waals surface area contributed by atoms with Crippen LogP contribution in [0.25, 0.3) is 0 Å². The van der Waals surface area contributed by atoms with Crippen LogP contribution in [0.1, 0.15) is 43.6 Å². The monoisotopic (exact) mass is 318 g/mol. The van der Waals surface area contributed by atoms with Crippen molar-refractivity contribution in [3.63, 3.8) is 0 Å². The lowest BCUT2D eigenvalue weighted by Gasteiger charge is -2.33. The van der Waals surface area contributed by atoms with Gasteiger partial charge >= 0.3 is 0 Å². The number of nitrogens with one attached hydrogen (secondary N) is 1. The molecule has 0 aliphatic heterocycles. The maximum Gasteiger partial charge on any atom is 0.268 e. The first-order chi connectivity index (χ1) is 9.31. The van der Waals surface area contributed by atoms with Crippen molar-refractivity contribution >= 4 is 25.6 Å². The summed E-state index contributed by atoms with van der Waals surface area (Å²) in [4.78, 5) is 12.2. The van der Waals surface area contributed by atoms with Gasteiger partial charge in [-0.3, -0.25) is 4.79 Å². The third-order valence-electron chi connectivity index (χ3n) is 3.56. The standard InChI is InChI=1S/C13H19ClN2O3S/c1-3-4-16-8-11(20(14,18)19)7-12(16)13(17)15-10-5-9(2)6-10/h7-10H,3-6H2,1-2H3,(H,15,17). The second kappa shape index (κ2) is 5.77. The van der Waals surface area contributed by atoms with Crippen LogP contribution in [-0.2, 0) is 15.6 Å². The first kappa shape index (κ1) is 15.4. The van der Waals surface area contributed by atoms with Gasteiger partial charge in [-0.2, -0.15) is 0 Å². The van der Waals surface area contributed by atoms with Crippen molar-refractivity contribution in [3.8, 4) is 0 Å². The smallest absolute Gasteiger partial charge is 0.268 e. The Hall–Kier alpha value is -1.01. The van der Waals surface area contributed by atoms with Crippen molar-refractivity contribution in [3.05, 3.63) is 18.0 Å². The van der Waals surface area contributed by atoms with Gasteiger partial charge in [0.2, 0.25) is 0 Å². The first-order valence-electron chi connectivity index (χ1n) is 6.77. The molecule has 1 saturated carbocycles. The summed E-state index contributed by atoms with van der Waals surface area (Å²) in [7, 11) is 1.53. The Labute approximate surface area is 123 Å². The van der Waals surface area contributed by atoms with E-state index in [0.717, 1.165) is 19.3 Å². The topological polar surface area (TPSA) is 68.2 Å². The molecule has 1 aliphatic carbocycles. The second-order valence-electron chi connectivity index (χ2n) is 5.44. The minimum absolute atomic E-state index is 0.0280. The molecule has 0 bridgehead atoms. The molecule has 1 heterocycles. The minimum atomic E-state index is -3.81. The normalized spacial score (nSPS) is 22.4. The van der Waals surface area contributed by atoms with Crippen molar-refractivity contribution < 1.29 is 13.2 Å². The fourth-order valence-electron chi connectivity index (χ4n) is 2.51. The molecule has 7 heteroatoms. The van der Waals surface area contributed by atoms with E-state index < -0.39 is 9.05 Å². The summed E-state index contributed by atoms with van der Waals surface area (Å²) in [6, 6.07) is 1.54. The Morgan fingerprint density at radius 2 is 2.15 bits per heavy atom. The van der Waals surface area contributed by atoms with E-state index in [-0.39, 0.29) is 16.8 Å². The zero-order valence-electron chi connectivity index (χ0n) is 11.6. The van der Waals surface area contributed by atoms with Gasteiger partial charge in [0, 0.05) is 29.5 Å². The van der Waals surface area contributed by atoms with E-state index in [1.165, 1.54) is 12.3 Å². The summed E-state index contributed by atoms with van der Waals surface area (Å²) >= 11 is 0. The summed E-state index contributed by atoms with van der Waals surface area (Å²) in [5.74, 6) is 0.406. The van der Waals surface area contributed by atoms with Crippen LogP contribution in [-0.4, -0.2) is 24.9 Å². The van der Waals surface area contributed by atoms with Crippen molar-refractivity contribution in [2.75, 3.05) is 0 Å². The Morgan fingerprint density at radius 3 is 2.65 bits per heavy atom. The number of carbonyl (C=O) groups is 1. The van der Waals surface area contributed by atoms with E-state index in [0.29, 0.717) is 18.2 Å².